The van der Waals surface area contributed by atoms with E-state index in [0.717, 1.165) is 29.0 Å². The van der Waals surface area contributed by atoms with Gasteiger partial charge in [-0.3, -0.25) is 0 Å². The molecule has 1 heteroatoms. The van der Waals surface area contributed by atoms with Crippen LogP contribution in [0.1, 0.15) is 116 Å². The SMILES string of the molecule is C=C(C)Cc1ccc(C(C)(C)F)c(C)c1.CCC/C(C)=C(\C=C/CCCC(C)C)CC.Cc1ccccc1. The highest BCUT2D eigenvalue weighted by Gasteiger charge is 2.20. The number of rotatable bonds is 11. The van der Waals surface area contributed by atoms with E-state index < -0.39 is 5.67 Å². The Morgan fingerprint density at radius 1 is 1.00 bits per heavy atom. The van der Waals surface area contributed by atoms with Crippen LogP contribution in [0, 0.1) is 19.8 Å². The van der Waals surface area contributed by atoms with Crippen molar-refractivity contribution in [2.24, 2.45) is 5.92 Å². The Bertz CT molecular complexity index is 968. The van der Waals surface area contributed by atoms with Gasteiger partial charge in [0.2, 0.25) is 0 Å². The van der Waals surface area contributed by atoms with E-state index in [4.69, 9.17) is 0 Å². The quantitative estimate of drug-likeness (QED) is 0.157. The molecule has 2 rings (SSSR count). The summed E-state index contributed by atoms with van der Waals surface area (Å²) in [5.74, 6) is 0.844. The number of aryl methyl sites for hydroxylation is 2. The first kappa shape index (κ1) is 35.6. The van der Waals surface area contributed by atoms with E-state index in [0.29, 0.717) is 0 Å². The van der Waals surface area contributed by atoms with Crippen LogP contribution in [0.15, 0.2) is 84.0 Å². The molecule has 0 fully saturated rings. The van der Waals surface area contributed by atoms with Crippen molar-refractivity contribution in [1.29, 1.82) is 0 Å². The molecule has 0 saturated carbocycles. The highest BCUT2D eigenvalue weighted by atomic mass is 19.1. The number of benzene rings is 2. The summed E-state index contributed by atoms with van der Waals surface area (Å²) in [5.41, 5.74) is 7.30. The number of hydrogen-bond donors (Lipinski definition) is 0. The Labute approximate surface area is 236 Å². The maximum Gasteiger partial charge on any atom is 0.130 e. The molecular weight excluding hydrogens is 463 g/mol. The molecule has 0 aromatic heterocycles. The first-order chi connectivity index (χ1) is 17.8. The van der Waals surface area contributed by atoms with Gasteiger partial charge in [-0.2, -0.15) is 0 Å². The van der Waals surface area contributed by atoms with Gasteiger partial charge < -0.3 is 0 Å². The standard InChI is InChI=1S/C16H30.C14H19F.C7H8/c1-6-11-15(5)16(7-2)13-10-8-9-12-14(3)4;1-10(2)8-12-6-7-13(11(3)9-12)14(4,5)15;1-7-5-3-2-4-6-7/h10,13-14H,6-9,11-12H2,1-5H3;6-7,9H,1,8H2,2-5H3;2-6H,1H3/b13-10-,16-15-;;. The third-order valence-electron chi connectivity index (χ3n) is 6.40. The highest BCUT2D eigenvalue weighted by molar-refractivity contribution is 5.35. The predicted octanol–water partition coefficient (Wildman–Crippen LogP) is 12.2. The van der Waals surface area contributed by atoms with E-state index in [-0.39, 0.29) is 0 Å². The zero-order valence-electron chi connectivity index (χ0n) is 26.4. The van der Waals surface area contributed by atoms with Crippen molar-refractivity contribution in [2.45, 2.75) is 120 Å². The van der Waals surface area contributed by atoms with Crippen LogP contribution in [0.25, 0.3) is 0 Å². The molecule has 0 unspecified atom stereocenters. The first-order valence-electron chi connectivity index (χ1n) is 14.6. The molecule has 0 amide bonds. The van der Waals surface area contributed by atoms with Crippen LogP contribution in [0.4, 0.5) is 4.39 Å². The van der Waals surface area contributed by atoms with Crippen molar-refractivity contribution in [3.63, 3.8) is 0 Å². The molecule has 212 valence electrons. The molecule has 0 spiro atoms. The molecule has 0 heterocycles. The van der Waals surface area contributed by atoms with Crippen LogP contribution < -0.4 is 0 Å². The average molecular weight is 521 g/mol. The van der Waals surface area contributed by atoms with Gasteiger partial charge in [0.25, 0.3) is 0 Å². The maximum absolute atomic E-state index is 13.8. The van der Waals surface area contributed by atoms with Crippen LogP contribution in [-0.2, 0) is 12.1 Å². The Hall–Kier alpha value is -2.41. The van der Waals surface area contributed by atoms with E-state index in [2.05, 4.69) is 72.4 Å². The van der Waals surface area contributed by atoms with Crippen LogP contribution in [0.2, 0.25) is 0 Å². The summed E-state index contributed by atoms with van der Waals surface area (Å²) in [6.45, 7) is 24.5. The lowest BCUT2D eigenvalue weighted by Crippen LogP contribution is -2.11. The van der Waals surface area contributed by atoms with Gasteiger partial charge in [0.05, 0.1) is 0 Å². The van der Waals surface area contributed by atoms with Gasteiger partial charge >= 0.3 is 0 Å². The van der Waals surface area contributed by atoms with Gasteiger partial charge in [-0.25, -0.2) is 4.39 Å². The van der Waals surface area contributed by atoms with Crippen molar-refractivity contribution in [1.82, 2.24) is 0 Å². The highest BCUT2D eigenvalue weighted by Crippen LogP contribution is 2.28. The lowest BCUT2D eigenvalue weighted by Gasteiger charge is -2.18. The Morgan fingerprint density at radius 2 is 1.63 bits per heavy atom. The topological polar surface area (TPSA) is 0 Å². The summed E-state index contributed by atoms with van der Waals surface area (Å²) in [6, 6.07) is 16.2. The second-order valence-electron chi connectivity index (χ2n) is 11.5. The summed E-state index contributed by atoms with van der Waals surface area (Å²) >= 11 is 0. The second kappa shape index (κ2) is 19.6. The van der Waals surface area contributed by atoms with Crippen molar-refractivity contribution in [3.05, 3.63) is 106 Å². The Morgan fingerprint density at radius 3 is 2.05 bits per heavy atom. The van der Waals surface area contributed by atoms with E-state index in [1.165, 1.54) is 49.7 Å². The van der Waals surface area contributed by atoms with E-state index in [9.17, 15) is 4.39 Å². The first-order valence-corrected chi connectivity index (χ1v) is 14.6. The fourth-order valence-electron chi connectivity index (χ4n) is 4.35. The molecule has 0 nitrogen and oxygen atoms in total. The Balaban J connectivity index is 0.000000577. The maximum atomic E-state index is 13.8. The molecule has 38 heavy (non-hydrogen) atoms. The number of alkyl halides is 1. The van der Waals surface area contributed by atoms with Gasteiger partial charge in [-0.05, 0) is 102 Å². The average Bonchev–Trinajstić information content (AvgIpc) is 2.81. The fourth-order valence-corrected chi connectivity index (χ4v) is 4.35. The minimum atomic E-state index is -1.26. The smallest absolute Gasteiger partial charge is 0.130 e. The lowest BCUT2D eigenvalue weighted by molar-refractivity contribution is 0.220. The summed E-state index contributed by atoms with van der Waals surface area (Å²) in [6.07, 6.45) is 13.2. The number of unbranched alkanes of at least 4 members (excludes halogenated alkanes) is 1. The number of halogens is 1. The summed E-state index contributed by atoms with van der Waals surface area (Å²) in [5, 5.41) is 0. The minimum Gasteiger partial charge on any atom is -0.239 e. The van der Waals surface area contributed by atoms with Crippen LogP contribution in [0.5, 0.6) is 0 Å². The molecule has 0 bridgehead atoms. The minimum absolute atomic E-state index is 0.771. The monoisotopic (exact) mass is 520 g/mol. The van der Waals surface area contributed by atoms with Crippen LogP contribution >= 0.6 is 0 Å². The molecule has 0 saturated heterocycles. The molecule has 0 radical (unpaired) electrons. The van der Waals surface area contributed by atoms with Crippen molar-refractivity contribution in [3.8, 4) is 0 Å². The van der Waals surface area contributed by atoms with Crippen molar-refractivity contribution < 1.29 is 4.39 Å². The normalized spacial score (nSPS) is 11.9. The van der Waals surface area contributed by atoms with Crippen molar-refractivity contribution in [2.75, 3.05) is 0 Å². The zero-order chi connectivity index (χ0) is 29.1. The number of hydrogen-bond acceptors (Lipinski definition) is 0. The van der Waals surface area contributed by atoms with Gasteiger partial charge in [0.15, 0.2) is 0 Å². The largest absolute Gasteiger partial charge is 0.239 e. The van der Waals surface area contributed by atoms with Crippen LogP contribution in [-0.4, -0.2) is 0 Å². The van der Waals surface area contributed by atoms with Crippen molar-refractivity contribution >= 4 is 0 Å². The van der Waals surface area contributed by atoms with Gasteiger partial charge in [0, 0.05) is 0 Å². The Kier molecular flexibility index (Phi) is 18.4. The summed E-state index contributed by atoms with van der Waals surface area (Å²) in [7, 11) is 0. The van der Waals surface area contributed by atoms with Gasteiger partial charge in [0.1, 0.15) is 5.67 Å². The fraction of sp³-hybridized carbons (Fsp3) is 0.514. The second-order valence-corrected chi connectivity index (χ2v) is 11.5. The molecule has 0 aliphatic carbocycles. The molecule has 0 N–H and O–H groups in total. The molecule has 0 aliphatic rings. The molecule has 0 atom stereocenters. The molecule has 2 aromatic rings. The third-order valence-corrected chi connectivity index (χ3v) is 6.40. The van der Waals surface area contributed by atoms with E-state index >= 15 is 0 Å². The predicted molar refractivity (Wildman–Crippen MR) is 171 cm³/mol. The van der Waals surface area contributed by atoms with Gasteiger partial charge in [-0.1, -0.05) is 125 Å². The molecule has 0 aliphatic heterocycles. The van der Waals surface area contributed by atoms with Gasteiger partial charge in [-0.15, -0.1) is 0 Å². The summed E-state index contributed by atoms with van der Waals surface area (Å²) in [4.78, 5) is 0. The molecule has 2 aromatic carbocycles. The molecular formula is C37H57F. The number of allylic oxidation sites excluding steroid dienone is 5. The third kappa shape index (κ3) is 17.2. The zero-order valence-corrected chi connectivity index (χ0v) is 26.4. The van der Waals surface area contributed by atoms with Crippen LogP contribution in [0.3, 0.4) is 0 Å². The lowest BCUT2D eigenvalue weighted by atomic mass is 9.92. The van der Waals surface area contributed by atoms with E-state index in [1.807, 2.05) is 50.2 Å². The summed E-state index contributed by atoms with van der Waals surface area (Å²) < 4.78 is 13.8. The van der Waals surface area contributed by atoms with E-state index in [1.54, 1.807) is 25.0 Å².